The number of hydrogen-bond acceptors (Lipinski definition) is 3. The van der Waals surface area contributed by atoms with Gasteiger partial charge in [-0.25, -0.2) is 9.18 Å². The zero-order valence-corrected chi connectivity index (χ0v) is 13.4. The molecule has 1 aliphatic heterocycles. The molecule has 1 aromatic carbocycles. The topological polar surface area (TPSA) is 59.6 Å². The van der Waals surface area contributed by atoms with Crippen LogP contribution < -0.4 is 10.6 Å². The molecule has 122 valence electrons. The molecule has 22 heavy (non-hydrogen) atoms. The van der Waals surface area contributed by atoms with Crippen LogP contribution >= 0.6 is 11.6 Å². The minimum Gasteiger partial charge on any atom is -0.348 e. The fourth-order valence-corrected chi connectivity index (χ4v) is 2.61. The van der Waals surface area contributed by atoms with Crippen LogP contribution in [0.5, 0.6) is 0 Å². The van der Waals surface area contributed by atoms with Crippen molar-refractivity contribution in [3.63, 3.8) is 0 Å². The second-order valence-electron chi connectivity index (χ2n) is 5.37. The van der Waals surface area contributed by atoms with Gasteiger partial charge in [-0.15, -0.1) is 0 Å². The number of rotatable bonds is 5. The van der Waals surface area contributed by atoms with Crippen LogP contribution in [0, 0.1) is 5.82 Å². The van der Waals surface area contributed by atoms with E-state index in [1.54, 1.807) is 13.0 Å². The van der Waals surface area contributed by atoms with Crippen molar-refractivity contribution in [3.8, 4) is 0 Å². The van der Waals surface area contributed by atoms with E-state index in [0.29, 0.717) is 31.7 Å². The summed E-state index contributed by atoms with van der Waals surface area (Å²) in [6.45, 7) is 5.20. The number of halogens is 2. The van der Waals surface area contributed by atoms with Crippen molar-refractivity contribution in [2.24, 2.45) is 0 Å². The molecule has 0 unspecified atom stereocenters. The first kappa shape index (κ1) is 17.0. The van der Waals surface area contributed by atoms with Crippen molar-refractivity contribution >= 4 is 17.6 Å². The minimum atomic E-state index is -0.626. The standard InChI is InChI=1S/C15H20ClFN2O3/c1-10(12-4-3-11(17)9-13(12)16)19-14(20)18-6-5-15(2)21-7-8-22-15/h3-4,9-10H,5-8H2,1-2H3,(H2,18,19,20)/t10-/m0/s1. The maximum absolute atomic E-state index is 13.0. The molecule has 0 aromatic heterocycles. The summed E-state index contributed by atoms with van der Waals surface area (Å²) < 4.78 is 23.9. The van der Waals surface area contributed by atoms with Crippen LogP contribution in [0.4, 0.5) is 9.18 Å². The van der Waals surface area contributed by atoms with Crippen molar-refractivity contribution in [1.29, 1.82) is 0 Å². The third-order valence-corrected chi connectivity index (χ3v) is 3.87. The fourth-order valence-electron chi connectivity index (χ4n) is 2.28. The first-order chi connectivity index (χ1) is 10.4. The zero-order valence-electron chi connectivity index (χ0n) is 12.6. The summed E-state index contributed by atoms with van der Waals surface area (Å²) in [6, 6.07) is 3.44. The Morgan fingerprint density at radius 3 is 2.77 bits per heavy atom. The average molecular weight is 331 g/mol. The minimum absolute atomic E-state index is 0.285. The molecule has 1 saturated heterocycles. The van der Waals surface area contributed by atoms with Crippen LogP contribution in [0.3, 0.4) is 0 Å². The smallest absolute Gasteiger partial charge is 0.315 e. The van der Waals surface area contributed by atoms with E-state index in [1.165, 1.54) is 12.1 Å². The van der Waals surface area contributed by atoms with Crippen molar-refractivity contribution in [1.82, 2.24) is 10.6 Å². The molecule has 2 N–H and O–H groups in total. The third-order valence-electron chi connectivity index (χ3n) is 3.54. The zero-order chi connectivity index (χ0) is 16.2. The maximum Gasteiger partial charge on any atom is 0.315 e. The van der Waals surface area contributed by atoms with E-state index in [1.807, 2.05) is 6.92 Å². The molecular formula is C15H20ClFN2O3. The Morgan fingerprint density at radius 2 is 2.14 bits per heavy atom. The molecule has 1 atom stereocenters. The van der Waals surface area contributed by atoms with Crippen LogP contribution in [0.15, 0.2) is 18.2 Å². The van der Waals surface area contributed by atoms with E-state index in [9.17, 15) is 9.18 Å². The van der Waals surface area contributed by atoms with Crippen LogP contribution in [-0.2, 0) is 9.47 Å². The van der Waals surface area contributed by atoms with Gasteiger partial charge in [0, 0.05) is 18.0 Å². The fraction of sp³-hybridized carbons (Fsp3) is 0.533. The van der Waals surface area contributed by atoms with Gasteiger partial charge in [0.25, 0.3) is 0 Å². The third kappa shape index (κ3) is 4.56. The Labute approximate surface area is 134 Å². The summed E-state index contributed by atoms with van der Waals surface area (Å²) in [5.41, 5.74) is 0.660. The Morgan fingerprint density at radius 1 is 1.45 bits per heavy atom. The van der Waals surface area contributed by atoms with E-state index < -0.39 is 11.6 Å². The normalized spacial score (nSPS) is 18.0. The van der Waals surface area contributed by atoms with Gasteiger partial charge >= 0.3 is 6.03 Å². The Hall–Kier alpha value is -1.37. The number of carbonyl (C=O) groups excluding carboxylic acids is 1. The SMILES string of the molecule is C[C@H](NC(=O)NCCC1(C)OCCO1)c1ccc(F)cc1Cl. The summed E-state index contributed by atoms with van der Waals surface area (Å²) in [7, 11) is 0. The van der Waals surface area contributed by atoms with Gasteiger partial charge in [-0.1, -0.05) is 17.7 Å². The van der Waals surface area contributed by atoms with Crippen LogP contribution in [0.2, 0.25) is 5.02 Å². The van der Waals surface area contributed by atoms with Crippen LogP contribution in [-0.4, -0.2) is 31.6 Å². The summed E-state index contributed by atoms with van der Waals surface area (Å²) >= 11 is 5.97. The molecule has 1 fully saturated rings. The lowest BCUT2D eigenvalue weighted by atomic mass is 10.1. The van der Waals surface area contributed by atoms with Crippen molar-refractivity contribution < 1.29 is 18.7 Å². The van der Waals surface area contributed by atoms with Gasteiger partial charge in [-0.05, 0) is 31.5 Å². The first-order valence-electron chi connectivity index (χ1n) is 7.17. The predicted octanol–water partition coefficient (Wildman–Crippen LogP) is 2.99. The van der Waals surface area contributed by atoms with E-state index in [-0.39, 0.29) is 17.1 Å². The summed E-state index contributed by atoms with van der Waals surface area (Å²) in [4.78, 5) is 11.9. The Bertz CT molecular complexity index is 536. The first-order valence-corrected chi connectivity index (χ1v) is 7.55. The molecule has 2 rings (SSSR count). The predicted molar refractivity (Wildman–Crippen MR) is 81.3 cm³/mol. The number of urea groups is 1. The lowest BCUT2D eigenvalue weighted by molar-refractivity contribution is -0.145. The Kier molecular flexibility index (Phi) is 5.61. The monoisotopic (exact) mass is 330 g/mol. The number of ether oxygens (including phenoxy) is 2. The number of amides is 2. The lowest BCUT2D eigenvalue weighted by Gasteiger charge is -2.22. The molecule has 1 heterocycles. The molecule has 7 heteroatoms. The molecule has 5 nitrogen and oxygen atoms in total. The van der Waals surface area contributed by atoms with Gasteiger partial charge in [0.2, 0.25) is 0 Å². The summed E-state index contributed by atoms with van der Waals surface area (Å²) in [5.74, 6) is -1.03. The molecule has 0 aliphatic carbocycles. The van der Waals surface area contributed by atoms with Gasteiger partial charge < -0.3 is 20.1 Å². The second kappa shape index (κ2) is 7.26. The number of benzene rings is 1. The van der Waals surface area contributed by atoms with Crippen LogP contribution in [0.25, 0.3) is 0 Å². The Balaban J connectivity index is 1.78. The average Bonchev–Trinajstić information content (AvgIpc) is 2.85. The second-order valence-corrected chi connectivity index (χ2v) is 5.78. The van der Waals surface area contributed by atoms with Crippen LogP contribution in [0.1, 0.15) is 31.9 Å². The number of hydrogen-bond donors (Lipinski definition) is 2. The molecule has 0 radical (unpaired) electrons. The van der Waals surface area contributed by atoms with E-state index in [4.69, 9.17) is 21.1 Å². The van der Waals surface area contributed by atoms with Crippen molar-refractivity contribution in [3.05, 3.63) is 34.6 Å². The highest BCUT2D eigenvalue weighted by atomic mass is 35.5. The molecule has 0 saturated carbocycles. The summed E-state index contributed by atoms with van der Waals surface area (Å²) in [6.07, 6.45) is 0.562. The van der Waals surface area contributed by atoms with E-state index in [0.717, 1.165) is 0 Å². The molecule has 1 aliphatic rings. The number of carbonyl (C=O) groups is 1. The molecular weight excluding hydrogens is 311 g/mol. The van der Waals surface area contributed by atoms with Gasteiger partial charge in [-0.3, -0.25) is 0 Å². The van der Waals surface area contributed by atoms with Gasteiger partial charge in [0.1, 0.15) is 5.82 Å². The van der Waals surface area contributed by atoms with Gasteiger partial charge in [0.15, 0.2) is 5.79 Å². The van der Waals surface area contributed by atoms with Gasteiger partial charge in [0.05, 0.1) is 19.3 Å². The maximum atomic E-state index is 13.0. The van der Waals surface area contributed by atoms with E-state index in [2.05, 4.69) is 10.6 Å². The summed E-state index contributed by atoms with van der Waals surface area (Å²) in [5, 5.41) is 5.78. The van der Waals surface area contributed by atoms with Crippen molar-refractivity contribution in [2.45, 2.75) is 32.1 Å². The van der Waals surface area contributed by atoms with Crippen molar-refractivity contribution in [2.75, 3.05) is 19.8 Å². The molecule has 1 aromatic rings. The molecule has 0 spiro atoms. The van der Waals surface area contributed by atoms with Gasteiger partial charge in [-0.2, -0.15) is 0 Å². The molecule has 2 amide bonds. The highest BCUT2D eigenvalue weighted by Crippen LogP contribution is 2.24. The highest BCUT2D eigenvalue weighted by Gasteiger charge is 2.30. The number of nitrogens with one attached hydrogen (secondary N) is 2. The molecule has 0 bridgehead atoms. The van der Waals surface area contributed by atoms with E-state index >= 15 is 0 Å². The quantitative estimate of drug-likeness (QED) is 0.872. The highest BCUT2D eigenvalue weighted by molar-refractivity contribution is 6.31. The largest absolute Gasteiger partial charge is 0.348 e. The lowest BCUT2D eigenvalue weighted by Crippen LogP contribution is -2.40.